The SMILES string of the molecule is Cl.O=C(O)OCc1cccc([N+](=O)[O-])c1. The van der Waals surface area contributed by atoms with Crippen LogP contribution in [-0.4, -0.2) is 16.2 Å². The van der Waals surface area contributed by atoms with E-state index in [-0.39, 0.29) is 24.7 Å². The van der Waals surface area contributed by atoms with Crippen molar-refractivity contribution >= 4 is 24.2 Å². The van der Waals surface area contributed by atoms with Gasteiger partial charge in [0.15, 0.2) is 0 Å². The first-order valence-corrected chi connectivity index (χ1v) is 3.68. The lowest BCUT2D eigenvalue weighted by atomic mass is 10.2. The minimum Gasteiger partial charge on any atom is -0.450 e. The minimum atomic E-state index is -1.41. The fraction of sp³-hybridized carbons (Fsp3) is 0.125. The molecule has 1 rings (SSSR count). The summed E-state index contributed by atoms with van der Waals surface area (Å²) in [6, 6.07) is 5.61. The molecule has 0 aliphatic heterocycles. The zero-order valence-corrected chi connectivity index (χ0v) is 8.27. The van der Waals surface area contributed by atoms with Crippen LogP contribution in [0.2, 0.25) is 0 Å². The van der Waals surface area contributed by atoms with Gasteiger partial charge in [-0.15, -0.1) is 12.4 Å². The van der Waals surface area contributed by atoms with Crippen molar-refractivity contribution in [3.63, 3.8) is 0 Å². The molecular weight excluding hydrogens is 226 g/mol. The van der Waals surface area contributed by atoms with E-state index in [0.717, 1.165) is 0 Å². The molecule has 0 aliphatic carbocycles. The Morgan fingerprint density at radius 2 is 2.20 bits per heavy atom. The zero-order valence-electron chi connectivity index (χ0n) is 7.45. The molecule has 0 radical (unpaired) electrons. The number of nitro benzene ring substituents is 1. The van der Waals surface area contributed by atoms with Crippen LogP contribution in [0.1, 0.15) is 5.56 Å². The van der Waals surface area contributed by atoms with Gasteiger partial charge >= 0.3 is 6.16 Å². The fourth-order valence-corrected chi connectivity index (χ4v) is 0.905. The molecule has 7 heteroatoms. The molecule has 15 heavy (non-hydrogen) atoms. The molecule has 1 N–H and O–H groups in total. The van der Waals surface area contributed by atoms with Crippen molar-refractivity contribution in [3.8, 4) is 0 Å². The highest BCUT2D eigenvalue weighted by molar-refractivity contribution is 5.85. The molecule has 82 valence electrons. The summed E-state index contributed by atoms with van der Waals surface area (Å²) in [6.07, 6.45) is -1.41. The maximum atomic E-state index is 10.3. The average molecular weight is 234 g/mol. The van der Waals surface area contributed by atoms with Gasteiger partial charge in [0, 0.05) is 12.1 Å². The van der Waals surface area contributed by atoms with Gasteiger partial charge in [-0.1, -0.05) is 12.1 Å². The third-order valence-corrected chi connectivity index (χ3v) is 1.48. The van der Waals surface area contributed by atoms with E-state index in [1.54, 1.807) is 6.07 Å². The summed E-state index contributed by atoms with van der Waals surface area (Å²) in [4.78, 5) is 19.8. The van der Waals surface area contributed by atoms with Gasteiger partial charge in [-0.3, -0.25) is 10.1 Å². The summed E-state index contributed by atoms with van der Waals surface area (Å²) in [5.41, 5.74) is 0.359. The molecular formula is C8H8ClNO5. The molecule has 0 heterocycles. The molecule has 0 bridgehead atoms. The predicted octanol–water partition coefficient (Wildman–Crippen LogP) is 2.21. The Morgan fingerprint density at radius 1 is 1.53 bits per heavy atom. The van der Waals surface area contributed by atoms with E-state index in [2.05, 4.69) is 4.74 Å². The van der Waals surface area contributed by atoms with E-state index < -0.39 is 11.1 Å². The second-order valence-electron chi connectivity index (χ2n) is 2.48. The van der Waals surface area contributed by atoms with E-state index in [1.165, 1.54) is 18.2 Å². The minimum absolute atomic E-state index is 0. The van der Waals surface area contributed by atoms with Crippen LogP contribution >= 0.6 is 12.4 Å². The van der Waals surface area contributed by atoms with Crippen molar-refractivity contribution in [1.82, 2.24) is 0 Å². The highest BCUT2D eigenvalue weighted by Crippen LogP contribution is 2.13. The van der Waals surface area contributed by atoms with Crippen LogP contribution in [0.15, 0.2) is 24.3 Å². The summed E-state index contributed by atoms with van der Waals surface area (Å²) in [6.45, 7) is -0.184. The van der Waals surface area contributed by atoms with Crippen LogP contribution < -0.4 is 0 Å². The Balaban J connectivity index is 0.00000196. The number of non-ortho nitro benzene ring substituents is 1. The highest BCUT2D eigenvalue weighted by atomic mass is 35.5. The van der Waals surface area contributed by atoms with Crippen molar-refractivity contribution in [1.29, 1.82) is 0 Å². The third-order valence-electron chi connectivity index (χ3n) is 1.48. The smallest absolute Gasteiger partial charge is 0.450 e. The molecule has 0 amide bonds. The maximum Gasteiger partial charge on any atom is 0.506 e. The van der Waals surface area contributed by atoms with Gasteiger partial charge in [-0.05, 0) is 5.56 Å². The van der Waals surface area contributed by atoms with Crippen LogP contribution in [0.4, 0.5) is 10.5 Å². The first-order chi connectivity index (χ1) is 6.59. The van der Waals surface area contributed by atoms with E-state index in [9.17, 15) is 14.9 Å². The number of halogens is 1. The van der Waals surface area contributed by atoms with E-state index in [4.69, 9.17) is 5.11 Å². The summed E-state index contributed by atoms with van der Waals surface area (Å²) < 4.78 is 4.26. The topological polar surface area (TPSA) is 89.7 Å². The third kappa shape index (κ3) is 4.28. The van der Waals surface area contributed by atoms with Gasteiger partial charge < -0.3 is 9.84 Å². The molecule has 1 aromatic carbocycles. The Morgan fingerprint density at radius 3 is 2.73 bits per heavy atom. The summed E-state index contributed by atoms with van der Waals surface area (Å²) in [7, 11) is 0. The Labute approximate surface area is 91.0 Å². The van der Waals surface area contributed by atoms with Crippen LogP contribution in [0, 0.1) is 10.1 Å². The molecule has 0 aliphatic rings. The van der Waals surface area contributed by atoms with E-state index >= 15 is 0 Å². The van der Waals surface area contributed by atoms with Crippen molar-refractivity contribution in [2.24, 2.45) is 0 Å². The number of nitro groups is 1. The van der Waals surface area contributed by atoms with Crippen molar-refractivity contribution in [2.75, 3.05) is 0 Å². The predicted molar refractivity (Wildman–Crippen MR) is 53.2 cm³/mol. The number of ether oxygens (including phenoxy) is 1. The van der Waals surface area contributed by atoms with Gasteiger partial charge in [0.25, 0.3) is 5.69 Å². The lowest BCUT2D eigenvalue weighted by molar-refractivity contribution is -0.384. The Hall–Kier alpha value is -1.82. The second-order valence-corrected chi connectivity index (χ2v) is 2.48. The first kappa shape index (κ1) is 13.2. The molecule has 1 aromatic rings. The standard InChI is InChI=1S/C8H7NO5.ClH/c10-8(11)14-5-6-2-1-3-7(4-6)9(12)13;/h1-4H,5H2,(H,10,11);1H. The Bertz CT molecular complexity index is 368. The zero-order chi connectivity index (χ0) is 10.6. The number of hydrogen-bond acceptors (Lipinski definition) is 4. The van der Waals surface area contributed by atoms with E-state index in [0.29, 0.717) is 5.56 Å². The quantitative estimate of drug-likeness (QED) is 0.491. The van der Waals surface area contributed by atoms with Crippen molar-refractivity contribution in [2.45, 2.75) is 6.61 Å². The second kappa shape index (κ2) is 5.82. The number of hydrogen-bond donors (Lipinski definition) is 1. The molecule has 0 atom stereocenters. The van der Waals surface area contributed by atoms with E-state index in [1.807, 2.05) is 0 Å². The van der Waals surface area contributed by atoms with Crippen LogP contribution in [0.25, 0.3) is 0 Å². The number of rotatable bonds is 3. The summed E-state index contributed by atoms with van der Waals surface area (Å²) >= 11 is 0. The van der Waals surface area contributed by atoms with Crippen molar-refractivity contribution in [3.05, 3.63) is 39.9 Å². The number of benzene rings is 1. The average Bonchev–Trinajstić information content (AvgIpc) is 2.15. The normalized spacial score (nSPS) is 8.80. The molecule has 6 nitrogen and oxygen atoms in total. The van der Waals surface area contributed by atoms with Gasteiger partial charge in [0.05, 0.1) is 4.92 Å². The molecule has 0 aromatic heterocycles. The monoisotopic (exact) mass is 233 g/mol. The van der Waals surface area contributed by atoms with Crippen LogP contribution in [0.3, 0.4) is 0 Å². The highest BCUT2D eigenvalue weighted by Gasteiger charge is 2.06. The van der Waals surface area contributed by atoms with Gasteiger partial charge in [-0.2, -0.15) is 0 Å². The van der Waals surface area contributed by atoms with Gasteiger partial charge in [0.2, 0.25) is 0 Å². The molecule has 0 fully saturated rings. The molecule has 0 unspecified atom stereocenters. The Kier molecular flexibility index (Phi) is 5.11. The fourth-order valence-electron chi connectivity index (χ4n) is 0.905. The maximum absolute atomic E-state index is 10.3. The largest absolute Gasteiger partial charge is 0.506 e. The van der Waals surface area contributed by atoms with Crippen molar-refractivity contribution < 1.29 is 19.6 Å². The lowest BCUT2D eigenvalue weighted by Gasteiger charge is -1.99. The summed E-state index contributed by atoms with van der Waals surface area (Å²) in [5.74, 6) is 0. The number of carboxylic acid groups (broad SMARTS) is 1. The van der Waals surface area contributed by atoms with Crippen LogP contribution in [0.5, 0.6) is 0 Å². The first-order valence-electron chi connectivity index (χ1n) is 3.68. The van der Waals surface area contributed by atoms with Gasteiger partial charge in [0.1, 0.15) is 6.61 Å². The molecule has 0 spiro atoms. The number of nitrogens with zero attached hydrogens (tertiary/aromatic N) is 1. The molecule has 0 saturated heterocycles. The molecule has 0 saturated carbocycles. The summed E-state index contributed by atoms with van der Waals surface area (Å²) in [5, 5.41) is 18.5. The lowest BCUT2D eigenvalue weighted by Crippen LogP contribution is -2.00. The van der Waals surface area contributed by atoms with Crippen LogP contribution in [-0.2, 0) is 11.3 Å². The van der Waals surface area contributed by atoms with Gasteiger partial charge in [-0.25, -0.2) is 4.79 Å². The number of carbonyl (C=O) groups is 1.